The lowest BCUT2D eigenvalue weighted by Gasteiger charge is -2.08. The van der Waals surface area contributed by atoms with E-state index in [1.165, 1.54) is 30.3 Å². The molecule has 1 aromatic heterocycles. The monoisotopic (exact) mass is 380 g/mol. The fraction of sp³-hybridized carbons (Fsp3) is 0.118. The number of aromatic nitrogens is 2. The minimum absolute atomic E-state index is 0.0895. The van der Waals surface area contributed by atoms with Crippen molar-refractivity contribution in [3.8, 4) is 22.9 Å². The van der Waals surface area contributed by atoms with Crippen molar-refractivity contribution < 1.29 is 37.4 Å². The van der Waals surface area contributed by atoms with Gasteiger partial charge < -0.3 is 19.5 Å². The van der Waals surface area contributed by atoms with E-state index in [-0.39, 0.29) is 23.7 Å². The van der Waals surface area contributed by atoms with Crippen LogP contribution in [0.4, 0.5) is 13.2 Å². The molecule has 0 aliphatic rings. The summed E-state index contributed by atoms with van der Waals surface area (Å²) in [5.74, 6) is -3.04. The number of carboxylic acid groups (broad SMARTS) is 1. The molecule has 0 atom stereocenters. The third-order valence-corrected chi connectivity index (χ3v) is 3.49. The molecule has 3 aromatic rings. The van der Waals surface area contributed by atoms with Crippen LogP contribution < -0.4 is 4.74 Å². The molecule has 0 aliphatic carbocycles. The molecule has 0 saturated heterocycles. The molecule has 0 saturated carbocycles. The molecule has 140 valence electrons. The number of rotatable bonds is 5. The summed E-state index contributed by atoms with van der Waals surface area (Å²) in [7, 11) is 0. The summed E-state index contributed by atoms with van der Waals surface area (Å²) in [4.78, 5) is 14.1. The Kier molecular flexibility index (Phi) is 4.72. The SMILES string of the molecule is O=C(O)c1ccc(OCc2ccc(-c3noc(C(F)(F)F)n3)cc2)cc1O. The summed E-state index contributed by atoms with van der Waals surface area (Å²) in [5, 5.41) is 21.8. The Labute approximate surface area is 149 Å². The van der Waals surface area contributed by atoms with E-state index in [2.05, 4.69) is 14.7 Å². The Morgan fingerprint density at radius 2 is 1.85 bits per heavy atom. The molecule has 0 aliphatic heterocycles. The van der Waals surface area contributed by atoms with Crippen LogP contribution in [-0.4, -0.2) is 26.3 Å². The smallest absolute Gasteiger partial charge is 0.471 e. The van der Waals surface area contributed by atoms with Gasteiger partial charge in [0, 0.05) is 11.6 Å². The van der Waals surface area contributed by atoms with Gasteiger partial charge in [0.15, 0.2) is 0 Å². The Hall–Kier alpha value is -3.56. The average Bonchev–Trinajstić information content (AvgIpc) is 3.10. The van der Waals surface area contributed by atoms with Crippen molar-refractivity contribution in [3.05, 3.63) is 59.5 Å². The van der Waals surface area contributed by atoms with Crippen LogP contribution in [-0.2, 0) is 12.8 Å². The third-order valence-electron chi connectivity index (χ3n) is 3.49. The second kappa shape index (κ2) is 6.98. The summed E-state index contributed by atoms with van der Waals surface area (Å²) in [6.07, 6.45) is -4.71. The Morgan fingerprint density at radius 1 is 1.15 bits per heavy atom. The highest BCUT2D eigenvalue weighted by Crippen LogP contribution is 2.29. The number of phenols is 1. The summed E-state index contributed by atoms with van der Waals surface area (Å²) in [6, 6.07) is 10.0. The number of nitrogens with zero attached hydrogens (tertiary/aromatic N) is 2. The maximum absolute atomic E-state index is 12.5. The molecular formula is C17H11F3N2O5. The standard InChI is InChI=1S/C17H11F3N2O5/c18-17(19,20)16-21-14(22-27-16)10-3-1-9(2-4-10)8-26-11-5-6-12(15(24)25)13(23)7-11/h1-7,23H,8H2,(H,24,25). The van der Waals surface area contributed by atoms with Gasteiger partial charge in [0.2, 0.25) is 5.82 Å². The zero-order valence-electron chi connectivity index (χ0n) is 13.4. The van der Waals surface area contributed by atoms with E-state index in [0.717, 1.165) is 0 Å². The molecule has 10 heteroatoms. The maximum Gasteiger partial charge on any atom is 0.471 e. The van der Waals surface area contributed by atoms with Crippen molar-refractivity contribution in [2.45, 2.75) is 12.8 Å². The van der Waals surface area contributed by atoms with Gasteiger partial charge in [-0.25, -0.2) is 4.79 Å². The molecule has 0 bridgehead atoms. The van der Waals surface area contributed by atoms with Crippen molar-refractivity contribution >= 4 is 5.97 Å². The molecule has 0 unspecified atom stereocenters. The summed E-state index contributed by atoms with van der Waals surface area (Å²) in [6.45, 7) is 0.0895. The highest BCUT2D eigenvalue weighted by molar-refractivity contribution is 5.90. The first-order valence-corrected chi connectivity index (χ1v) is 7.43. The fourth-order valence-electron chi connectivity index (χ4n) is 2.15. The van der Waals surface area contributed by atoms with Crippen LogP contribution in [0.3, 0.4) is 0 Å². The largest absolute Gasteiger partial charge is 0.507 e. The third kappa shape index (κ3) is 4.17. The minimum atomic E-state index is -4.71. The van der Waals surface area contributed by atoms with Crippen LogP contribution in [0.5, 0.6) is 11.5 Å². The van der Waals surface area contributed by atoms with E-state index in [0.29, 0.717) is 11.1 Å². The van der Waals surface area contributed by atoms with E-state index in [1.54, 1.807) is 12.1 Å². The number of aromatic hydroxyl groups is 1. The van der Waals surface area contributed by atoms with Crippen molar-refractivity contribution in [3.63, 3.8) is 0 Å². The van der Waals surface area contributed by atoms with Gasteiger partial charge >= 0.3 is 18.0 Å². The number of hydrogen-bond donors (Lipinski definition) is 2. The number of ether oxygens (including phenoxy) is 1. The second-order valence-electron chi connectivity index (χ2n) is 5.39. The molecule has 1 heterocycles. The van der Waals surface area contributed by atoms with Crippen LogP contribution in [0.1, 0.15) is 21.8 Å². The number of aromatic carboxylic acids is 1. The lowest BCUT2D eigenvalue weighted by Crippen LogP contribution is -2.04. The predicted octanol–water partition coefficient (Wildman–Crippen LogP) is 3.74. The second-order valence-corrected chi connectivity index (χ2v) is 5.39. The van der Waals surface area contributed by atoms with E-state index in [1.807, 2.05) is 0 Å². The van der Waals surface area contributed by atoms with Gasteiger partial charge in [-0.3, -0.25) is 0 Å². The van der Waals surface area contributed by atoms with Crippen molar-refractivity contribution in [1.82, 2.24) is 10.1 Å². The van der Waals surface area contributed by atoms with Crippen LogP contribution >= 0.6 is 0 Å². The van der Waals surface area contributed by atoms with Crippen molar-refractivity contribution in [2.75, 3.05) is 0 Å². The number of halogens is 3. The number of carbonyl (C=O) groups is 1. The van der Waals surface area contributed by atoms with E-state index < -0.39 is 23.8 Å². The van der Waals surface area contributed by atoms with Gasteiger partial charge in [-0.2, -0.15) is 18.2 Å². The first-order chi connectivity index (χ1) is 12.7. The Morgan fingerprint density at radius 3 is 2.41 bits per heavy atom. The lowest BCUT2D eigenvalue weighted by molar-refractivity contribution is -0.159. The first-order valence-electron chi connectivity index (χ1n) is 7.43. The van der Waals surface area contributed by atoms with Crippen LogP contribution in [0.25, 0.3) is 11.4 Å². The quantitative estimate of drug-likeness (QED) is 0.695. The maximum atomic E-state index is 12.5. The summed E-state index contributed by atoms with van der Waals surface area (Å²) >= 11 is 0. The zero-order valence-corrected chi connectivity index (χ0v) is 13.4. The van der Waals surface area contributed by atoms with Gasteiger partial charge in [-0.15, -0.1) is 0 Å². The summed E-state index contributed by atoms with van der Waals surface area (Å²) < 4.78 is 47.1. The molecule has 0 fully saturated rings. The van der Waals surface area contributed by atoms with Crippen LogP contribution in [0, 0.1) is 0 Å². The van der Waals surface area contributed by atoms with E-state index in [4.69, 9.17) is 9.84 Å². The van der Waals surface area contributed by atoms with Crippen LogP contribution in [0.2, 0.25) is 0 Å². The van der Waals surface area contributed by atoms with Crippen molar-refractivity contribution in [2.24, 2.45) is 0 Å². The first kappa shape index (κ1) is 18.2. The molecule has 27 heavy (non-hydrogen) atoms. The minimum Gasteiger partial charge on any atom is -0.507 e. The van der Waals surface area contributed by atoms with Gasteiger partial charge in [0.1, 0.15) is 23.7 Å². The summed E-state index contributed by atoms with van der Waals surface area (Å²) in [5.41, 5.74) is 0.770. The highest BCUT2D eigenvalue weighted by Gasteiger charge is 2.38. The van der Waals surface area contributed by atoms with Crippen molar-refractivity contribution in [1.29, 1.82) is 0 Å². The topological polar surface area (TPSA) is 106 Å². The normalized spacial score (nSPS) is 11.4. The average molecular weight is 380 g/mol. The fourth-order valence-corrected chi connectivity index (χ4v) is 2.15. The number of benzene rings is 2. The Bertz CT molecular complexity index is 967. The van der Waals surface area contributed by atoms with E-state index >= 15 is 0 Å². The molecule has 2 aromatic carbocycles. The van der Waals surface area contributed by atoms with E-state index in [9.17, 15) is 23.1 Å². The molecule has 0 spiro atoms. The molecule has 0 amide bonds. The molecule has 3 rings (SSSR count). The number of alkyl halides is 3. The number of hydrogen-bond acceptors (Lipinski definition) is 6. The van der Waals surface area contributed by atoms with Gasteiger partial charge in [-0.05, 0) is 17.7 Å². The molecule has 0 radical (unpaired) electrons. The van der Waals surface area contributed by atoms with Gasteiger partial charge in [-0.1, -0.05) is 29.4 Å². The predicted molar refractivity (Wildman–Crippen MR) is 84.1 cm³/mol. The molecule has 2 N–H and O–H groups in total. The zero-order chi connectivity index (χ0) is 19.6. The van der Waals surface area contributed by atoms with Gasteiger partial charge in [0.25, 0.3) is 0 Å². The van der Waals surface area contributed by atoms with Gasteiger partial charge in [0.05, 0.1) is 0 Å². The molecular weight excluding hydrogens is 369 g/mol. The highest BCUT2D eigenvalue weighted by atomic mass is 19.4. The Balaban J connectivity index is 1.67. The van der Waals surface area contributed by atoms with Crippen LogP contribution in [0.15, 0.2) is 47.0 Å². The lowest BCUT2D eigenvalue weighted by atomic mass is 10.1. The number of carboxylic acids is 1. The molecule has 7 nitrogen and oxygen atoms in total.